The number of aromatic nitrogens is 1. The van der Waals surface area contributed by atoms with Crippen molar-refractivity contribution < 1.29 is 17.6 Å². The molecule has 0 atom stereocenters. The highest BCUT2D eigenvalue weighted by molar-refractivity contribution is 7.90. The van der Waals surface area contributed by atoms with Crippen LogP contribution in [0.25, 0.3) is 0 Å². The molecule has 1 aromatic carbocycles. The molecule has 7 heteroatoms. The molecule has 0 fully saturated rings. The van der Waals surface area contributed by atoms with Gasteiger partial charge in [0.05, 0.1) is 5.56 Å². The summed E-state index contributed by atoms with van der Waals surface area (Å²) in [6.07, 6.45) is 3.91. The monoisotopic (exact) mass is 308 g/mol. The Labute approximate surface area is 121 Å². The van der Waals surface area contributed by atoms with Gasteiger partial charge in [-0.2, -0.15) is 0 Å². The second kappa shape index (κ2) is 6.01. The number of sulfone groups is 1. The molecule has 0 aliphatic rings. The van der Waals surface area contributed by atoms with Crippen LogP contribution in [0.1, 0.15) is 15.9 Å². The molecule has 0 spiro atoms. The van der Waals surface area contributed by atoms with E-state index in [1.54, 1.807) is 18.3 Å². The van der Waals surface area contributed by atoms with E-state index >= 15 is 0 Å². The summed E-state index contributed by atoms with van der Waals surface area (Å²) in [6, 6.07) is 6.99. The summed E-state index contributed by atoms with van der Waals surface area (Å²) in [5.74, 6) is -1.17. The van der Waals surface area contributed by atoms with Crippen molar-refractivity contribution in [3.63, 3.8) is 0 Å². The quantitative estimate of drug-likeness (QED) is 0.930. The Hall–Kier alpha value is -2.28. The van der Waals surface area contributed by atoms with Gasteiger partial charge < -0.3 is 5.32 Å². The van der Waals surface area contributed by atoms with Gasteiger partial charge in [-0.1, -0.05) is 6.07 Å². The van der Waals surface area contributed by atoms with Crippen LogP contribution in [-0.4, -0.2) is 25.6 Å². The molecule has 2 aromatic rings. The fraction of sp³-hybridized carbons (Fsp3) is 0.143. The molecule has 0 unspecified atom stereocenters. The molecule has 1 aromatic heterocycles. The lowest BCUT2D eigenvalue weighted by Crippen LogP contribution is -2.23. The lowest BCUT2D eigenvalue weighted by molar-refractivity contribution is 0.0950. The highest BCUT2D eigenvalue weighted by Gasteiger charge is 2.14. The fourth-order valence-corrected chi connectivity index (χ4v) is 2.46. The molecule has 110 valence electrons. The molecule has 0 aliphatic heterocycles. The van der Waals surface area contributed by atoms with E-state index in [0.29, 0.717) is 11.1 Å². The first kappa shape index (κ1) is 15.1. The molecule has 1 heterocycles. The number of halogens is 1. The molecule has 5 nitrogen and oxygen atoms in total. The van der Waals surface area contributed by atoms with Crippen molar-refractivity contribution in [2.45, 2.75) is 11.4 Å². The highest BCUT2D eigenvalue weighted by Crippen LogP contribution is 2.15. The van der Waals surface area contributed by atoms with Crippen molar-refractivity contribution >= 4 is 15.7 Å². The van der Waals surface area contributed by atoms with Gasteiger partial charge in [-0.25, -0.2) is 12.8 Å². The van der Waals surface area contributed by atoms with Crippen LogP contribution in [0, 0.1) is 5.82 Å². The smallest absolute Gasteiger partial charge is 0.253 e. The van der Waals surface area contributed by atoms with E-state index in [1.807, 2.05) is 0 Å². The SMILES string of the molecule is CS(=O)(=O)c1ccc(CNC(=O)c2cccnc2)cc1F. The maximum Gasteiger partial charge on any atom is 0.253 e. The van der Waals surface area contributed by atoms with Crippen molar-refractivity contribution in [2.24, 2.45) is 0 Å². The summed E-state index contributed by atoms with van der Waals surface area (Å²) in [5, 5.41) is 2.61. The zero-order valence-corrected chi connectivity index (χ0v) is 12.0. The minimum Gasteiger partial charge on any atom is -0.348 e. The molecule has 2 rings (SSSR count). The number of carbonyl (C=O) groups excluding carboxylic acids is 1. The van der Waals surface area contributed by atoms with Crippen molar-refractivity contribution in [3.05, 3.63) is 59.7 Å². The molecule has 0 bridgehead atoms. The van der Waals surface area contributed by atoms with Gasteiger partial charge in [0.1, 0.15) is 10.7 Å². The summed E-state index contributed by atoms with van der Waals surface area (Å²) in [4.78, 5) is 15.3. The maximum absolute atomic E-state index is 13.7. The number of benzene rings is 1. The number of pyridine rings is 1. The Bertz CT molecular complexity index is 761. The van der Waals surface area contributed by atoms with Gasteiger partial charge in [0.15, 0.2) is 9.84 Å². The molecule has 0 saturated heterocycles. The first-order valence-electron chi connectivity index (χ1n) is 6.04. The molecule has 21 heavy (non-hydrogen) atoms. The Kier molecular flexibility index (Phi) is 4.32. The summed E-state index contributed by atoms with van der Waals surface area (Å²) in [5.41, 5.74) is 0.864. The number of hydrogen-bond donors (Lipinski definition) is 1. The summed E-state index contributed by atoms with van der Waals surface area (Å²) < 4.78 is 36.3. The van der Waals surface area contributed by atoms with E-state index in [9.17, 15) is 17.6 Å². The molecular formula is C14H13FN2O3S. The van der Waals surface area contributed by atoms with E-state index in [4.69, 9.17) is 0 Å². The van der Waals surface area contributed by atoms with E-state index in [0.717, 1.165) is 12.3 Å². The van der Waals surface area contributed by atoms with Crippen LogP contribution in [0.4, 0.5) is 4.39 Å². The lowest BCUT2D eigenvalue weighted by Gasteiger charge is -2.07. The zero-order valence-electron chi connectivity index (χ0n) is 11.2. The predicted molar refractivity (Wildman–Crippen MR) is 74.9 cm³/mol. The van der Waals surface area contributed by atoms with E-state index in [2.05, 4.69) is 10.3 Å². The third kappa shape index (κ3) is 3.85. The molecule has 1 amide bonds. The number of nitrogens with zero attached hydrogens (tertiary/aromatic N) is 1. The number of nitrogens with one attached hydrogen (secondary N) is 1. The largest absolute Gasteiger partial charge is 0.348 e. The van der Waals surface area contributed by atoms with Gasteiger partial charge in [-0.05, 0) is 29.8 Å². The van der Waals surface area contributed by atoms with Crippen LogP contribution < -0.4 is 5.32 Å². The van der Waals surface area contributed by atoms with Crippen molar-refractivity contribution in [3.8, 4) is 0 Å². The van der Waals surface area contributed by atoms with Crippen molar-refractivity contribution in [1.82, 2.24) is 10.3 Å². The van der Waals surface area contributed by atoms with E-state index < -0.39 is 15.7 Å². The third-order valence-electron chi connectivity index (χ3n) is 2.77. The summed E-state index contributed by atoms with van der Waals surface area (Å²) in [6.45, 7) is 0.0920. The highest BCUT2D eigenvalue weighted by atomic mass is 32.2. The van der Waals surface area contributed by atoms with Crippen LogP contribution in [0.3, 0.4) is 0 Å². The van der Waals surface area contributed by atoms with Crippen molar-refractivity contribution in [2.75, 3.05) is 6.26 Å². The minimum atomic E-state index is -3.60. The van der Waals surface area contributed by atoms with E-state index in [-0.39, 0.29) is 17.3 Å². The Morgan fingerprint density at radius 1 is 1.33 bits per heavy atom. The Balaban J connectivity index is 2.08. The molecule has 0 radical (unpaired) electrons. The normalized spacial score (nSPS) is 11.1. The van der Waals surface area contributed by atoms with Crippen LogP contribution in [0.5, 0.6) is 0 Å². The lowest BCUT2D eigenvalue weighted by atomic mass is 10.2. The average Bonchev–Trinajstić information content (AvgIpc) is 2.44. The molecule has 1 N–H and O–H groups in total. The molecular weight excluding hydrogens is 295 g/mol. The van der Waals surface area contributed by atoms with E-state index in [1.165, 1.54) is 18.3 Å². The van der Waals surface area contributed by atoms with Gasteiger partial charge in [0.2, 0.25) is 0 Å². The van der Waals surface area contributed by atoms with Gasteiger partial charge in [-0.3, -0.25) is 9.78 Å². The second-order valence-electron chi connectivity index (χ2n) is 4.46. The second-order valence-corrected chi connectivity index (χ2v) is 6.45. The van der Waals surface area contributed by atoms with Gasteiger partial charge in [0, 0.05) is 25.2 Å². The first-order chi connectivity index (χ1) is 9.88. The standard InChI is InChI=1S/C14H13FN2O3S/c1-21(19,20)13-5-4-10(7-12(13)15)8-17-14(18)11-3-2-6-16-9-11/h2-7,9H,8H2,1H3,(H,17,18). The fourth-order valence-electron chi connectivity index (χ4n) is 1.74. The van der Waals surface area contributed by atoms with Gasteiger partial charge in [-0.15, -0.1) is 0 Å². The Morgan fingerprint density at radius 3 is 2.67 bits per heavy atom. The van der Waals surface area contributed by atoms with Crippen molar-refractivity contribution in [1.29, 1.82) is 0 Å². The number of carbonyl (C=O) groups is 1. The predicted octanol–water partition coefficient (Wildman–Crippen LogP) is 1.55. The summed E-state index contributed by atoms with van der Waals surface area (Å²) >= 11 is 0. The maximum atomic E-state index is 13.7. The summed E-state index contributed by atoms with van der Waals surface area (Å²) in [7, 11) is -3.60. The van der Waals surface area contributed by atoms with Gasteiger partial charge >= 0.3 is 0 Å². The van der Waals surface area contributed by atoms with Crippen LogP contribution in [-0.2, 0) is 16.4 Å². The number of hydrogen-bond acceptors (Lipinski definition) is 4. The topological polar surface area (TPSA) is 76.1 Å². The van der Waals surface area contributed by atoms with Gasteiger partial charge in [0.25, 0.3) is 5.91 Å². The number of rotatable bonds is 4. The Morgan fingerprint density at radius 2 is 2.10 bits per heavy atom. The van der Waals surface area contributed by atoms with Crippen LogP contribution in [0.15, 0.2) is 47.6 Å². The number of amides is 1. The van der Waals surface area contributed by atoms with Crippen LogP contribution >= 0.6 is 0 Å². The molecule has 0 saturated carbocycles. The first-order valence-corrected chi connectivity index (χ1v) is 7.94. The zero-order chi connectivity index (χ0) is 15.5. The molecule has 0 aliphatic carbocycles. The van der Waals surface area contributed by atoms with Crippen LogP contribution in [0.2, 0.25) is 0 Å². The minimum absolute atomic E-state index is 0.0920. The third-order valence-corrected chi connectivity index (χ3v) is 3.90. The average molecular weight is 308 g/mol.